The number of halogens is 2. The minimum absolute atomic E-state index is 0.221. The first-order valence-electron chi connectivity index (χ1n) is 6.21. The van der Waals surface area contributed by atoms with Gasteiger partial charge in [0.25, 0.3) is 5.91 Å². The molecule has 0 fully saturated rings. The number of carbonyl (C=O) groups is 1. The predicted octanol–water partition coefficient (Wildman–Crippen LogP) is 4.08. The highest BCUT2D eigenvalue weighted by atomic mass is 127. The third-order valence-corrected chi connectivity index (χ3v) is 4.04. The molecule has 2 aromatic carbocycles. The predicted molar refractivity (Wildman–Crippen MR) is 101 cm³/mol. The Morgan fingerprint density at radius 1 is 1.23 bits per heavy atom. The number of hydrogen-bond acceptors (Lipinski definition) is 3. The lowest BCUT2D eigenvalue weighted by molar-refractivity contribution is 0.0977. The van der Waals surface area contributed by atoms with Crippen molar-refractivity contribution < 1.29 is 9.53 Å². The number of carbonyl (C=O) groups excluding carboxylic acids is 1. The lowest BCUT2D eigenvalue weighted by Crippen LogP contribution is -2.34. The van der Waals surface area contributed by atoms with Crippen LogP contribution in [0.3, 0.4) is 0 Å². The minimum Gasteiger partial charge on any atom is -0.496 e. The second-order valence-corrected chi connectivity index (χ2v) is 6.27. The summed E-state index contributed by atoms with van der Waals surface area (Å²) in [5.41, 5.74) is 1.25. The second-order valence-electron chi connectivity index (χ2n) is 4.26. The highest BCUT2D eigenvalue weighted by Crippen LogP contribution is 2.21. The molecule has 0 unspecified atom stereocenters. The van der Waals surface area contributed by atoms with Gasteiger partial charge in [0.1, 0.15) is 5.75 Å². The van der Waals surface area contributed by atoms with Crippen LogP contribution in [0.2, 0.25) is 5.02 Å². The maximum atomic E-state index is 12.1. The van der Waals surface area contributed by atoms with E-state index in [1.807, 2.05) is 0 Å². The van der Waals surface area contributed by atoms with Crippen LogP contribution in [0.5, 0.6) is 5.75 Å². The number of anilines is 1. The molecule has 7 heteroatoms. The van der Waals surface area contributed by atoms with Crippen LogP contribution in [0.1, 0.15) is 10.4 Å². The molecule has 2 N–H and O–H groups in total. The lowest BCUT2D eigenvalue weighted by Gasteiger charge is -2.10. The summed E-state index contributed by atoms with van der Waals surface area (Å²) >= 11 is 13.0. The van der Waals surface area contributed by atoms with Crippen LogP contribution in [-0.2, 0) is 0 Å². The average molecular weight is 447 g/mol. The molecule has 114 valence electrons. The van der Waals surface area contributed by atoms with E-state index in [4.69, 9.17) is 28.6 Å². The first-order valence-corrected chi connectivity index (χ1v) is 8.07. The number of ether oxygens (including phenoxy) is 1. The number of benzene rings is 2. The zero-order chi connectivity index (χ0) is 16.1. The van der Waals surface area contributed by atoms with Gasteiger partial charge < -0.3 is 10.1 Å². The Morgan fingerprint density at radius 3 is 2.50 bits per heavy atom. The molecule has 0 aliphatic carbocycles. The molecule has 0 saturated heterocycles. The van der Waals surface area contributed by atoms with Crippen LogP contribution < -0.4 is 15.4 Å². The fraction of sp³-hybridized carbons (Fsp3) is 0.0667. The van der Waals surface area contributed by atoms with E-state index in [0.29, 0.717) is 10.6 Å². The number of amides is 1. The Bertz CT molecular complexity index is 707. The summed E-state index contributed by atoms with van der Waals surface area (Å²) in [5, 5.41) is 6.40. The van der Waals surface area contributed by atoms with Gasteiger partial charge in [-0.15, -0.1) is 0 Å². The Balaban J connectivity index is 2.00. The normalized spacial score (nSPS) is 9.95. The van der Waals surface area contributed by atoms with Crippen molar-refractivity contribution in [3.05, 3.63) is 56.6 Å². The van der Waals surface area contributed by atoms with Crippen molar-refractivity contribution in [3.8, 4) is 5.75 Å². The van der Waals surface area contributed by atoms with Crippen LogP contribution in [-0.4, -0.2) is 18.1 Å². The Labute approximate surface area is 152 Å². The molecule has 22 heavy (non-hydrogen) atoms. The van der Waals surface area contributed by atoms with Crippen molar-refractivity contribution in [2.75, 3.05) is 12.4 Å². The van der Waals surface area contributed by atoms with Gasteiger partial charge in [-0.3, -0.25) is 10.1 Å². The number of thiocarbonyl (C=S) groups is 1. The molecule has 0 saturated carbocycles. The molecule has 0 aliphatic rings. The summed E-state index contributed by atoms with van der Waals surface area (Å²) < 4.78 is 6.01. The van der Waals surface area contributed by atoms with Gasteiger partial charge in [-0.05, 0) is 77.3 Å². The first kappa shape index (κ1) is 17.0. The molecule has 0 radical (unpaired) electrons. The average Bonchev–Trinajstić information content (AvgIpc) is 2.49. The van der Waals surface area contributed by atoms with Gasteiger partial charge in [0.15, 0.2) is 5.11 Å². The van der Waals surface area contributed by atoms with Gasteiger partial charge in [0, 0.05) is 16.3 Å². The van der Waals surface area contributed by atoms with Gasteiger partial charge >= 0.3 is 0 Å². The van der Waals surface area contributed by atoms with Crippen LogP contribution in [0.15, 0.2) is 42.5 Å². The number of nitrogens with one attached hydrogen (secondary N) is 2. The summed E-state index contributed by atoms with van der Waals surface area (Å²) in [7, 11) is 1.59. The molecule has 0 atom stereocenters. The minimum atomic E-state index is -0.285. The number of rotatable bonds is 3. The monoisotopic (exact) mass is 446 g/mol. The molecule has 0 heterocycles. The fourth-order valence-corrected chi connectivity index (χ4v) is 2.75. The molecule has 4 nitrogen and oxygen atoms in total. The molecule has 2 rings (SSSR count). The standard InChI is InChI=1S/C15H12ClIN2O2S/c1-21-13-7-2-9(8-12(13)17)14(20)19-15(22)18-11-5-3-10(16)4-6-11/h2-8H,1H3,(H2,18,19,20,22). The third-order valence-electron chi connectivity index (χ3n) is 2.74. The fourth-order valence-electron chi connectivity index (χ4n) is 1.68. The molecule has 0 aliphatic heterocycles. The third kappa shape index (κ3) is 4.56. The van der Waals surface area contributed by atoms with Gasteiger partial charge in [-0.2, -0.15) is 0 Å². The Morgan fingerprint density at radius 2 is 1.91 bits per heavy atom. The van der Waals surface area contributed by atoms with Crippen LogP contribution in [0, 0.1) is 3.57 Å². The highest BCUT2D eigenvalue weighted by Gasteiger charge is 2.10. The Hall–Kier alpha value is -1.38. The topological polar surface area (TPSA) is 50.4 Å². The zero-order valence-electron chi connectivity index (χ0n) is 11.5. The maximum Gasteiger partial charge on any atom is 0.257 e. The van der Waals surface area contributed by atoms with Crippen molar-refractivity contribution in [1.29, 1.82) is 0 Å². The molecule has 1 amide bonds. The first-order chi connectivity index (χ1) is 10.5. The van der Waals surface area contributed by atoms with E-state index in [2.05, 4.69) is 33.2 Å². The largest absolute Gasteiger partial charge is 0.496 e. The van der Waals surface area contributed by atoms with E-state index < -0.39 is 0 Å². The molecular formula is C15H12ClIN2O2S. The van der Waals surface area contributed by atoms with Gasteiger partial charge in [-0.25, -0.2) is 0 Å². The summed E-state index contributed by atoms with van der Waals surface area (Å²) in [6.07, 6.45) is 0. The number of methoxy groups -OCH3 is 1. The summed E-state index contributed by atoms with van der Waals surface area (Å²) in [4.78, 5) is 12.1. The molecule has 0 aromatic heterocycles. The van der Waals surface area contributed by atoms with Gasteiger partial charge in [0.2, 0.25) is 0 Å². The van der Waals surface area contributed by atoms with Crippen molar-refractivity contribution in [1.82, 2.24) is 5.32 Å². The van der Waals surface area contributed by atoms with E-state index >= 15 is 0 Å². The zero-order valence-corrected chi connectivity index (χ0v) is 15.3. The molecule has 0 spiro atoms. The number of hydrogen-bond donors (Lipinski definition) is 2. The van der Waals surface area contributed by atoms with Gasteiger partial charge in [-0.1, -0.05) is 11.6 Å². The summed E-state index contributed by atoms with van der Waals surface area (Å²) in [6, 6.07) is 12.2. The van der Waals surface area contributed by atoms with Crippen LogP contribution in [0.4, 0.5) is 5.69 Å². The highest BCUT2D eigenvalue weighted by molar-refractivity contribution is 14.1. The van der Waals surface area contributed by atoms with Gasteiger partial charge in [0.05, 0.1) is 10.7 Å². The van der Waals surface area contributed by atoms with E-state index in [1.54, 1.807) is 49.6 Å². The van der Waals surface area contributed by atoms with Crippen molar-refractivity contribution in [2.45, 2.75) is 0 Å². The molecule has 0 bridgehead atoms. The van der Waals surface area contributed by atoms with Crippen molar-refractivity contribution in [3.63, 3.8) is 0 Å². The van der Waals surface area contributed by atoms with E-state index in [9.17, 15) is 4.79 Å². The van der Waals surface area contributed by atoms with Crippen molar-refractivity contribution in [2.24, 2.45) is 0 Å². The van der Waals surface area contributed by atoms with Crippen LogP contribution >= 0.6 is 46.4 Å². The maximum absolute atomic E-state index is 12.1. The SMILES string of the molecule is COc1ccc(C(=O)NC(=S)Nc2ccc(Cl)cc2)cc1I. The lowest BCUT2D eigenvalue weighted by atomic mass is 10.2. The Kier molecular flexibility index (Phi) is 5.98. The second kappa shape index (κ2) is 7.75. The molecular weight excluding hydrogens is 435 g/mol. The summed E-state index contributed by atoms with van der Waals surface area (Å²) in [5.74, 6) is 0.436. The van der Waals surface area contributed by atoms with E-state index in [1.165, 1.54) is 0 Å². The smallest absolute Gasteiger partial charge is 0.257 e. The summed E-state index contributed by atoms with van der Waals surface area (Å²) in [6.45, 7) is 0. The van der Waals surface area contributed by atoms with Crippen LogP contribution in [0.25, 0.3) is 0 Å². The quantitative estimate of drug-likeness (QED) is 0.551. The van der Waals surface area contributed by atoms with E-state index in [-0.39, 0.29) is 11.0 Å². The van der Waals surface area contributed by atoms with E-state index in [0.717, 1.165) is 15.0 Å². The molecule has 2 aromatic rings. The van der Waals surface area contributed by atoms with Crippen molar-refractivity contribution >= 4 is 63.1 Å².